The largest absolute Gasteiger partial charge is 0.305 e. The second kappa shape index (κ2) is 7.47. The van der Waals surface area contributed by atoms with Crippen LogP contribution in [0.1, 0.15) is 29.6 Å². The molecule has 2 heterocycles. The molecule has 7 nitrogen and oxygen atoms in total. The number of carbonyl (C=O) groups excluding carboxylic acids is 1. The van der Waals surface area contributed by atoms with Crippen LogP contribution in [0.15, 0.2) is 41.7 Å². The van der Waals surface area contributed by atoms with Gasteiger partial charge in [-0.1, -0.05) is 18.0 Å². The van der Waals surface area contributed by atoms with E-state index in [1.165, 1.54) is 41.1 Å². The van der Waals surface area contributed by atoms with Crippen molar-refractivity contribution in [3.05, 3.63) is 47.4 Å². The van der Waals surface area contributed by atoms with E-state index in [0.29, 0.717) is 13.1 Å². The Balaban J connectivity index is 1.88. The summed E-state index contributed by atoms with van der Waals surface area (Å²) in [4.78, 5) is 20.1. The van der Waals surface area contributed by atoms with E-state index in [4.69, 9.17) is 11.6 Å². The number of carbonyl (C=O) groups is 1. The predicted molar refractivity (Wildman–Crippen MR) is 94.0 cm³/mol. The smallest absolute Gasteiger partial charge is 0.256 e. The summed E-state index contributed by atoms with van der Waals surface area (Å²) < 4.78 is 27.1. The number of benzene rings is 1. The molecule has 1 aromatic carbocycles. The van der Waals surface area contributed by atoms with Crippen LogP contribution < -0.4 is 5.32 Å². The van der Waals surface area contributed by atoms with Crippen molar-refractivity contribution in [1.82, 2.24) is 14.3 Å². The number of halogens is 1. The van der Waals surface area contributed by atoms with Gasteiger partial charge in [0, 0.05) is 31.0 Å². The average molecular weight is 381 g/mol. The molecular weight excluding hydrogens is 364 g/mol. The van der Waals surface area contributed by atoms with Gasteiger partial charge in [0.2, 0.25) is 10.0 Å². The number of aromatic nitrogens is 2. The van der Waals surface area contributed by atoms with Gasteiger partial charge in [-0.05, 0) is 31.0 Å². The van der Waals surface area contributed by atoms with Crippen LogP contribution in [-0.2, 0) is 10.0 Å². The SMILES string of the molecule is O=C(Nc1cnccn1)c1ccc(Cl)c(S(=O)(=O)N2CCCCC2)c1. The minimum atomic E-state index is -3.73. The second-order valence-electron chi connectivity index (χ2n) is 5.65. The number of nitrogens with zero attached hydrogens (tertiary/aromatic N) is 3. The Morgan fingerprint density at radius 1 is 1.16 bits per heavy atom. The fraction of sp³-hybridized carbons (Fsp3) is 0.312. The zero-order valence-corrected chi connectivity index (χ0v) is 14.9. The van der Waals surface area contributed by atoms with Gasteiger partial charge in [0.05, 0.1) is 11.2 Å². The van der Waals surface area contributed by atoms with Crippen LogP contribution >= 0.6 is 11.6 Å². The number of hydrogen-bond acceptors (Lipinski definition) is 5. The van der Waals surface area contributed by atoms with E-state index in [9.17, 15) is 13.2 Å². The zero-order chi connectivity index (χ0) is 17.9. The third kappa shape index (κ3) is 3.97. The first-order valence-electron chi connectivity index (χ1n) is 7.85. The Hall–Kier alpha value is -2.03. The molecule has 3 rings (SSSR count). The summed E-state index contributed by atoms with van der Waals surface area (Å²) in [5.74, 6) is -0.199. The van der Waals surface area contributed by atoms with Gasteiger partial charge in [0.25, 0.3) is 5.91 Å². The van der Waals surface area contributed by atoms with Crippen LogP contribution in [0, 0.1) is 0 Å². The quantitative estimate of drug-likeness (QED) is 0.879. The van der Waals surface area contributed by atoms with Gasteiger partial charge < -0.3 is 5.32 Å². The minimum absolute atomic E-state index is 0.0529. The van der Waals surface area contributed by atoms with Gasteiger partial charge in [0.1, 0.15) is 4.90 Å². The molecular formula is C16H17ClN4O3S. The molecule has 0 aliphatic carbocycles. The molecule has 0 bridgehead atoms. The van der Waals surface area contributed by atoms with Crippen LogP contribution in [0.3, 0.4) is 0 Å². The van der Waals surface area contributed by atoms with Gasteiger partial charge in [-0.15, -0.1) is 0 Å². The van der Waals surface area contributed by atoms with Crippen molar-refractivity contribution in [3.8, 4) is 0 Å². The molecule has 132 valence electrons. The number of sulfonamides is 1. The van der Waals surface area contributed by atoms with Crippen molar-refractivity contribution in [2.75, 3.05) is 18.4 Å². The monoisotopic (exact) mass is 380 g/mol. The lowest BCUT2D eigenvalue weighted by atomic mass is 10.2. The highest BCUT2D eigenvalue weighted by Crippen LogP contribution is 2.28. The maximum Gasteiger partial charge on any atom is 0.256 e. The van der Waals surface area contributed by atoms with Gasteiger partial charge in [-0.3, -0.25) is 9.78 Å². The highest BCUT2D eigenvalue weighted by Gasteiger charge is 2.28. The molecule has 25 heavy (non-hydrogen) atoms. The van der Waals surface area contributed by atoms with Crippen LogP contribution in [0.25, 0.3) is 0 Å². The number of amides is 1. The van der Waals surface area contributed by atoms with Crippen LogP contribution in [-0.4, -0.2) is 41.7 Å². The number of anilines is 1. The van der Waals surface area contributed by atoms with Crippen molar-refractivity contribution >= 4 is 33.3 Å². The third-order valence-corrected chi connectivity index (χ3v) is 6.31. The second-order valence-corrected chi connectivity index (χ2v) is 7.97. The summed E-state index contributed by atoms with van der Waals surface area (Å²) in [6, 6.07) is 4.20. The fourth-order valence-corrected chi connectivity index (χ4v) is 4.66. The first-order valence-corrected chi connectivity index (χ1v) is 9.67. The summed E-state index contributed by atoms with van der Waals surface area (Å²) in [6.45, 7) is 0.934. The number of piperidine rings is 1. The van der Waals surface area contributed by atoms with E-state index in [1.54, 1.807) is 0 Å². The molecule has 1 aliphatic heterocycles. The predicted octanol–water partition coefficient (Wildman–Crippen LogP) is 2.56. The first-order chi connectivity index (χ1) is 12.0. The summed E-state index contributed by atoms with van der Waals surface area (Å²) >= 11 is 6.10. The Morgan fingerprint density at radius 2 is 1.92 bits per heavy atom. The Labute approximate surface area is 151 Å². The zero-order valence-electron chi connectivity index (χ0n) is 13.4. The van der Waals surface area contributed by atoms with Gasteiger partial charge in [-0.2, -0.15) is 4.31 Å². The lowest BCUT2D eigenvalue weighted by molar-refractivity contribution is 0.102. The van der Waals surface area contributed by atoms with Crippen molar-refractivity contribution in [2.24, 2.45) is 0 Å². The van der Waals surface area contributed by atoms with Crippen molar-refractivity contribution < 1.29 is 13.2 Å². The summed E-state index contributed by atoms with van der Waals surface area (Å²) in [6.07, 6.45) is 7.00. The highest BCUT2D eigenvalue weighted by molar-refractivity contribution is 7.89. The maximum absolute atomic E-state index is 12.8. The van der Waals surface area contributed by atoms with Gasteiger partial charge >= 0.3 is 0 Å². The molecule has 0 saturated carbocycles. The normalized spacial score (nSPS) is 15.7. The topological polar surface area (TPSA) is 92.3 Å². The van der Waals surface area contributed by atoms with Crippen molar-refractivity contribution in [1.29, 1.82) is 0 Å². The van der Waals surface area contributed by atoms with Gasteiger partial charge in [0.15, 0.2) is 5.82 Å². The molecule has 1 fully saturated rings. The Morgan fingerprint density at radius 3 is 2.60 bits per heavy atom. The van der Waals surface area contributed by atoms with E-state index in [2.05, 4.69) is 15.3 Å². The van der Waals surface area contributed by atoms with E-state index < -0.39 is 15.9 Å². The molecule has 9 heteroatoms. The average Bonchev–Trinajstić information content (AvgIpc) is 2.63. The lowest BCUT2D eigenvalue weighted by Gasteiger charge is -2.26. The summed E-state index contributed by atoms with van der Waals surface area (Å²) in [7, 11) is -3.73. The summed E-state index contributed by atoms with van der Waals surface area (Å²) in [5.41, 5.74) is 0.186. The molecule has 1 aromatic heterocycles. The van der Waals surface area contributed by atoms with Gasteiger partial charge in [-0.25, -0.2) is 13.4 Å². The molecule has 0 atom stereocenters. The molecule has 1 aliphatic rings. The van der Waals surface area contributed by atoms with E-state index in [0.717, 1.165) is 19.3 Å². The molecule has 2 aromatic rings. The molecule has 0 radical (unpaired) electrons. The number of hydrogen-bond donors (Lipinski definition) is 1. The maximum atomic E-state index is 12.8. The van der Waals surface area contributed by atoms with Crippen molar-refractivity contribution in [2.45, 2.75) is 24.2 Å². The van der Waals surface area contributed by atoms with Crippen molar-refractivity contribution in [3.63, 3.8) is 0 Å². The van der Waals surface area contributed by atoms with Crippen LogP contribution in [0.4, 0.5) is 5.82 Å². The van der Waals surface area contributed by atoms with Crippen LogP contribution in [0.2, 0.25) is 5.02 Å². The van der Waals surface area contributed by atoms with E-state index >= 15 is 0 Å². The molecule has 1 amide bonds. The minimum Gasteiger partial charge on any atom is -0.305 e. The first kappa shape index (κ1) is 17.8. The van der Waals surface area contributed by atoms with E-state index in [-0.39, 0.29) is 21.3 Å². The Bertz CT molecular complexity index is 868. The lowest BCUT2D eigenvalue weighted by Crippen LogP contribution is -2.35. The molecule has 1 saturated heterocycles. The molecule has 0 unspecified atom stereocenters. The fourth-order valence-electron chi connectivity index (χ4n) is 2.64. The molecule has 0 spiro atoms. The Kier molecular flexibility index (Phi) is 5.31. The number of rotatable bonds is 4. The summed E-state index contributed by atoms with van der Waals surface area (Å²) in [5, 5.41) is 2.67. The standard InChI is InChI=1S/C16H17ClN4O3S/c17-13-5-4-12(16(22)20-15-11-18-6-7-19-15)10-14(13)25(23,24)21-8-2-1-3-9-21/h4-7,10-11H,1-3,8-9H2,(H,19,20,22). The highest BCUT2D eigenvalue weighted by atomic mass is 35.5. The number of nitrogens with one attached hydrogen (secondary N) is 1. The van der Waals surface area contributed by atoms with Crippen LogP contribution in [0.5, 0.6) is 0 Å². The van der Waals surface area contributed by atoms with E-state index in [1.807, 2.05) is 0 Å². The molecule has 1 N–H and O–H groups in total. The third-order valence-electron chi connectivity index (χ3n) is 3.93.